The van der Waals surface area contributed by atoms with Crippen LogP contribution < -0.4 is 5.32 Å². The van der Waals surface area contributed by atoms with Crippen LogP contribution in [0.25, 0.3) is 0 Å². The van der Waals surface area contributed by atoms with Crippen LogP contribution in [0.1, 0.15) is 0 Å². The van der Waals surface area contributed by atoms with E-state index in [1.807, 2.05) is 35.4 Å². The summed E-state index contributed by atoms with van der Waals surface area (Å²) in [5.74, 6) is 0.132. The van der Waals surface area contributed by atoms with Gasteiger partial charge in [-0.2, -0.15) is 0 Å². The molecular formula is C13H18N2O2S. The number of nitrogens with zero attached hydrogens (tertiary/aromatic N) is 1. The van der Waals surface area contributed by atoms with Crippen LogP contribution in [0.2, 0.25) is 0 Å². The number of amides is 1. The second-order valence-corrected chi connectivity index (χ2v) is 4.95. The molecule has 18 heavy (non-hydrogen) atoms. The number of ether oxygens (including phenoxy) is 1. The fourth-order valence-corrected chi connectivity index (χ4v) is 2.22. The number of nitrogens with one attached hydrogen (secondary N) is 1. The minimum absolute atomic E-state index is 0.132. The van der Waals surface area contributed by atoms with Crippen molar-refractivity contribution in [2.75, 3.05) is 44.4 Å². The van der Waals surface area contributed by atoms with E-state index >= 15 is 0 Å². The molecule has 1 N–H and O–H groups in total. The summed E-state index contributed by atoms with van der Waals surface area (Å²) in [7, 11) is 0. The highest BCUT2D eigenvalue weighted by Crippen LogP contribution is 2.17. The third kappa shape index (κ3) is 3.65. The Morgan fingerprint density at radius 3 is 2.61 bits per heavy atom. The zero-order valence-electron chi connectivity index (χ0n) is 10.5. The Kier molecular flexibility index (Phi) is 4.90. The molecule has 1 saturated heterocycles. The molecule has 1 amide bonds. The molecule has 0 spiro atoms. The second kappa shape index (κ2) is 6.66. The molecule has 5 heteroatoms. The number of rotatable bonds is 4. The van der Waals surface area contributed by atoms with Crippen LogP contribution in [0.15, 0.2) is 29.2 Å². The first-order valence-corrected chi connectivity index (χ1v) is 7.25. The fraction of sp³-hybridized carbons (Fsp3) is 0.462. The van der Waals surface area contributed by atoms with Gasteiger partial charge in [0.25, 0.3) is 0 Å². The van der Waals surface area contributed by atoms with E-state index in [-0.39, 0.29) is 5.91 Å². The highest BCUT2D eigenvalue weighted by molar-refractivity contribution is 7.98. The molecule has 0 unspecified atom stereocenters. The topological polar surface area (TPSA) is 41.6 Å². The van der Waals surface area contributed by atoms with Gasteiger partial charge >= 0.3 is 0 Å². The number of hydrogen-bond donors (Lipinski definition) is 1. The predicted molar refractivity (Wildman–Crippen MR) is 74.1 cm³/mol. The lowest BCUT2D eigenvalue weighted by molar-refractivity contribution is -0.133. The Labute approximate surface area is 112 Å². The molecule has 4 nitrogen and oxygen atoms in total. The third-order valence-corrected chi connectivity index (χ3v) is 3.64. The standard InChI is InChI=1S/C13H18N2O2S/c1-18-12-4-2-11(3-5-12)14-10-13(16)15-6-8-17-9-7-15/h2-5,14H,6-10H2,1H3. The molecule has 0 aromatic heterocycles. The van der Waals surface area contributed by atoms with Crippen molar-refractivity contribution in [3.63, 3.8) is 0 Å². The minimum atomic E-state index is 0.132. The molecule has 0 bridgehead atoms. The number of morpholine rings is 1. The van der Waals surface area contributed by atoms with E-state index in [0.717, 1.165) is 5.69 Å². The van der Waals surface area contributed by atoms with E-state index in [2.05, 4.69) is 5.32 Å². The Morgan fingerprint density at radius 1 is 1.33 bits per heavy atom. The first kappa shape index (κ1) is 13.2. The quantitative estimate of drug-likeness (QED) is 0.842. The van der Waals surface area contributed by atoms with Crippen molar-refractivity contribution >= 4 is 23.4 Å². The van der Waals surface area contributed by atoms with Crippen molar-refractivity contribution < 1.29 is 9.53 Å². The van der Waals surface area contributed by atoms with Crippen molar-refractivity contribution in [3.05, 3.63) is 24.3 Å². The summed E-state index contributed by atoms with van der Waals surface area (Å²) >= 11 is 1.71. The maximum atomic E-state index is 11.9. The minimum Gasteiger partial charge on any atom is -0.378 e. The third-order valence-electron chi connectivity index (χ3n) is 2.90. The second-order valence-electron chi connectivity index (χ2n) is 4.08. The van der Waals surface area contributed by atoms with E-state index in [1.54, 1.807) is 11.8 Å². The van der Waals surface area contributed by atoms with Crippen LogP contribution in [0.4, 0.5) is 5.69 Å². The van der Waals surface area contributed by atoms with Crippen molar-refractivity contribution in [1.82, 2.24) is 4.90 Å². The summed E-state index contributed by atoms with van der Waals surface area (Å²) in [6, 6.07) is 8.09. The Balaban J connectivity index is 1.80. The van der Waals surface area contributed by atoms with E-state index in [9.17, 15) is 4.79 Å². The van der Waals surface area contributed by atoms with Gasteiger partial charge in [-0.05, 0) is 30.5 Å². The zero-order chi connectivity index (χ0) is 12.8. The van der Waals surface area contributed by atoms with Crippen LogP contribution >= 0.6 is 11.8 Å². The number of anilines is 1. The van der Waals surface area contributed by atoms with E-state index in [4.69, 9.17) is 4.74 Å². The van der Waals surface area contributed by atoms with Crippen molar-refractivity contribution in [1.29, 1.82) is 0 Å². The Bertz CT molecular complexity index is 388. The zero-order valence-corrected chi connectivity index (χ0v) is 11.3. The predicted octanol–water partition coefficient (Wildman–Crippen LogP) is 1.68. The molecule has 1 heterocycles. The monoisotopic (exact) mass is 266 g/mol. The van der Waals surface area contributed by atoms with E-state index in [1.165, 1.54) is 4.90 Å². The number of thioether (sulfide) groups is 1. The molecule has 1 fully saturated rings. The average molecular weight is 266 g/mol. The first-order valence-electron chi connectivity index (χ1n) is 6.03. The van der Waals surface area contributed by atoms with Gasteiger partial charge in [0.05, 0.1) is 19.8 Å². The highest BCUT2D eigenvalue weighted by Gasteiger charge is 2.15. The number of benzene rings is 1. The van der Waals surface area contributed by atoms with Crippen LogP contribution in [0.5, 0.6) is 0 Å². The van der Waals surface area contributed by atoms with Crippen LogP contribution in [-0.2, 0) is 9.53 Å². The number of carbonyl (C=O) groups excluding carboxylic acids is 1. The van der Waals surface area contributed by atoms with Crippen LogP contribution in [0, 0.1) is 0 Å². The van der Waals surface area contributed by atoms with E-state index < -0.39 is 0 Å². The lowest BCUT2D eigenvalue weighted by Gasteiger charge is -2.27. The SMILES string of the molecule is CSc1ccc(NCC(=O)N2CCOCC2)cc1. The normalized spacial score (nSPS) is 15.5. The van der Waals surface area contributed by atoms with Gasteiger partial charge in [0.2, 0.25) is 5.91 Å². The van der Waals surface area contributed by atoms with Gasteiger partial charge in [0.15, 0.2) is 0 Å². The van der Waals surface area contributed by atoms with Crippen molar-refractivity contribution in [2.45, 2.75) is 4.90 Å². The summed E-state index contributed by atoms with van der Waals surface area (Å²) in [6.07, 6.45) is 2.05. The average Bonchev–Trinajstić information content (AvgIpc) is 2.46. The Hall–Kier alpha value is -1.20. The molecule has 1 aromatic carbocycles. The molecule has 0 atom stereocenters. The van der Waals surface area contributed by atoms with Gasteiger partial charge in [-0.25, -0.2) is 0 Å². The smallest absolute Gasteiger partial charge is 0.242 e. The summed E-state index contributed by atoms with van der Waals surface area (Å²) < 4.78 is 5.22. The Morgan fingerprint density at radius 2 is 2.00 bits per heavy atom. The van der Waals surface area contributed by atoms with Gasteiger partial charge < -0.3 is 15.0 Å². The van der Waals surface area contributed by atoms with Gasteiger partial charge in [-0.3, -0.25) is 4.79 Å². The van der Waals surface area contributed by atoms with Gasteiger partial charge in [0, 0.05) is 23.7 Å². The summed E-state index contributed by atoms with van der Waals surface area (Å²) in [5, 5.41) is 3.15. The highest BCUT2D eigenvalue weighted by atomic mass is 32.2. The maximum Gasteiger partial charge on any atom is 0.242 e. The molecule has 1 aliphatic heterocycles. The van der Waals surface area contributed by atoms with Gasteiger partial charge in [0.1, 0.15) is 0 Å². The lowest BCUT2D eigenvalue weighted by Crippen LogP contribution is -2.43. The summed E-state index contributed by atoms with van der Waals surface area (Å²) in [6.45, 7) is 3.04. The lowest BCUT2D eigenvalue weighted by atomic mass is 10.3. The van der Waals surface area contributed by atoms with Gasteiger partial charge in [-0.1, -0.05) is 0 Å². The van der Waals surface area contributed by atoms with Crippen molar-refractivity contribution in [2.24, 2.45) is 0 Å². The molecule has 98 valence electrons. The molecule has 2 rings (SSSR count). The molecule has 0 radical (unpaired) electrons. The largest absolute Gasteiger partial charge is 0.378 e. The van der Waals surface area contributed by atoms with Crippen LogP contribution in [-0.4, -0.2) is 49.9 Å². The summed E-state index contributed by atoms with van der Waals surface area (Å²) in [4.78, 5) is 15.0. The number of carbonyl (C=O) groups is 1. The van der Waals surface area contributed by atoms with Crippen LogP contribution in [0.3, 0.4) is 0 Å². The number of hydrogen-bond acceptors (Lipinski definition) is 4. The molecular weight excluding hydrogens is 248 g/mol. The summed E-state index contributed by atoms with van der Waals surface area (Å²) in [5.41, 5.74) is 0.981. The first-order chi connectivity index (χ1) is 8.79. The van der Waals surface area contributed by atoms with E-state index in [0.29, 0.717) is 32.8 Å². The maximum absolute atomic E-state index is 11.9. The molecule has 0 saturated carbocycles. The van der Waals surface area contributed by atoms with Crippen molar-refractivity contribution in [3.8, 4) is 0 Å². The molecule has 1 aromatic rings. The fourth-order valence-electron chi connectivity index (χ4n) is 1.81. The molecule has 1 aliphatic rings. The van der Waals surface area contributed by atoms with Gasteiger partial charge in [-0.15, -0.1) is 11.8 Å². The molecule has 0 aliphatic carbocycles.